The van der Waals surface area contributed by atoms with Crippen LogP contribution in [0.4, 0.5) is 0 Å². The molecule has 0 radical (unpaired) electrons. The van der Waals surface area contributed by atoms with Crippen LogP contribution in [-0.2, 0) is 4.79 Å². The first kappa shape index (κ1) is 12.1. The van der Waals surface area contributed by atoms with Gasteiger partial charge in [-0.1, -0.05) is 6.07 Å². The van der Waals surface area contributed by atoms with Crippen LogP contribution >= 0.6 is 11.8 Å². The van der Waals surface area contributed by atoms with Crippen molar-refractivity contribution in [2.75, 3.05) is 5.75 Å². The lowest BCUT2D eigenvalue weighted by molar-refractivity contribution is -0.133. The van der Waals surface area contributed by atoms with Gasteiger partial charge in [-0.3, -0.25) is 4.79 Å². The molecule has 0 heterocycles. The fraction of sp³-hybridized carbons (Fsp3) is 0.417. The zero-order valence-corrected chi connectivity index (χ0v) is 10.4. The SMILES string of the molecule is Cc1cc(C)c(C)c(SCC(=O)O)c1C. The summed E-state index contributed by atoms with van der Waals surface area (Å²) < 4.78 is 0. The average molecular weight is 224 g/mol. The van der Waals surface area contributed by atoms with Gasteiger partial charge in [0.05, 0.1) is 5.75 Å². The number of aliphatic carboxylic acids is 1. The van der Waals surface area contributed by atoms with E-state index in [9.17, 15) is 4.79 Å². The van der Waals surface area contributed by atoms with Crippen molar-refractivity contribution < 1.29 is 9.90 Å². The first-order valence-electron chi connectivity index (χ1n) is 4.85. The van der Waals surface area contributed by atoms with Crippen molar-refractivity contribution in [1.29, 1.82) is 0 Å². The van der Waals surface area contributed by atoms with Gasteiger partial charge in [-0.15, -0.1) is 11.8 Å². The zero-order valence-electron chi connectivity index (χ0n) is 9.55. The Labute approximate surface area is 94.7 Å². The van der Waals surface area contributed by atoms with Crippen molar-refractivity contribution in [3.63, 3.8) is 0 Å². The van der Waals surface area contributed by atoms with Crippen molar-refractivity contribution in [1.82, 2.24) is 0 Å². The molecule has 3 heteroatoms. The van der Waals surface area contributed by atoms with Gasteiger partial charge in [0, 0.05) is 4.90 Å². The summed E-state index contributed by atoms with van der Waals surface area (Å²) in [4.78, 5) is 11.7. The molecule has 0 saturated carbocycles. The summed E-state index contributed by atoms with van der Waals surface area (Å²) in [6.45, 7) is 8.22. The Hall–Kier alpha value is -0.960. The van der Waals surface area contributed by atoms with E-state index in [1.54, 1.807) is 0 Å². The van der Waals surface area contributed by atoms with E-state index in [2.05, 4.69) is 19.9 Å². The molecule has 1 aromatic carbocycles. The fourth-order valence-electron chi connectivity index (χ4n) is 1.53. The number of carboxylic acids is 1. The Morgan fingerprint density at radius 2 is 1.67 bits per heavy atom. The van der Waals surface area contributed by atoms with Crippen LogP contribution < -0.4 is 0 Å². The number of carbonyl (C=O) groups is 1. The number of hydrogen-bond acceptors (Lipinski definition) is 2. The lowest BCUT2D eigenvalue weighted by atomic mass is 10.0. The highest BCUT2D eigenvalue weighted by atomic mass is 32.2. The quantitative estimate of drug-likeness (QED) is 0.802. The normalized spacial score (nSPS) is 10.4. The highest BCUT2D eigenvalue weighted by Gasteiger charge is 2.10. The van der Waals surface area contributed by atoms with Crippen molar-refractivity contribution in [3.8, 4) is 0 Å². The molecule has 0 atom stereocenters. The first-order chi connectivity index (χ1) is 6.93. The third-order valence-electron chi connectivity index (χ3n) is 2.64. The van der Waals surface area contributed by atoms with Crippen molar-refractivity contribution in [2.24, 2.45) is 0 Å². The van der Waals surface area contributed by atoms with Crippen LogP contribution in [0.3, 0.4) is 0 Å². The smallest absolute Gasteiger partial charge is 0.313 e. The summed E-state index contributed by atoms with van der Waals surface area (Å²) in [6.07, 6.45) is 0. The topological polar surface area (TPSA) is 37.3 Å². The average Bonchev–Trinajstić information content (AvgIpc) is 2.14. The van der Waals surface area contributed by atoms with Crippen LogP contribution in [-0.4, -0.2) is 16.8 Å². The predicted octanol–water partition coefficient (Wildman–Crippen LogP) is 3.10. The molecule has 15 heavy (non-hydrogen) atoms. The zero-order chi connectivity index (χ0) is 11.6. The molecule has 0 aliphatic heterocycles. The fourth-order valence-corrected chi connectivity index (χ4v) is 2.55. The number of hydrogen-bond donors (Lipinski definition) is 1. The number of thioether (sulfide) groups is 1. The minimum absolute atomic E-state index is 0.130. The lowest BCUT2D eigenvalue weighted by Gasteiger charge is -2.13. The van der Waals surface area contributed by atoms with E-state index in [0.29, 0.717) is 0 Å². The molecule has 0 saturated heterocycles. The number of carboxylic acid groups (broad SMARTS) is 1. The third kappa shape index (κ3) is 2.75. The van der Waals surface area contributed by atoms with Gasteiger partial charge in [0.2, 0.25) is 0 Å². The molecule has 0 aliphatic carbocycles. The Kier molecular flexibility index (Phi) is 3.80. The van der Waals surface area contributed by atoms with Crippen LogP contribution in [0.15, 0.2) is 11.0 Å². The van der Waals surface area contributed by atoms with Gasteiger partial charge < -0.3 is 5.11 Å². The molecule has 0 spiro atoms. The second-order valence-electron chi connectivity index (χ2n) is 3.77. The molecular formula is C12H16O2S. The Morgan fingerprint density at radius 3 is 2.07 bits per heavy atom. The molecule has 0 fully saturated rings. The monoisotopic (exact) mass is 224 g/mol. The van der Waals surface area contributed by atoms with Gasteiger partial charge >= 0.3 is 5.97 Å². The van der Waals surface area contributed by atoms with Crippen molar-refractivity contribution in [2.45, 2.75) is 32.6 Å². The summed E-state index contributed by atoms with van der Waals surface area (Å²) in [6, 6.07) is 2.15. The largest absolute Gasteiger partial charge is 0.481 e. The van der Waals surface area contributed by atoms with Crippen LogP contribution in [0.1, 0.15) is 22.3 Å². The third-order valence-corrected chi connectivity index (χ3v) is 3.93. The highest BCUT2D eigenvalue weighted by Crippen LogP contribution is 2.30. The molecule has 82 valence electrons. The molecule has 1 aromatic rings. The maximum absolute atomic E-state index is 10.5. The predicted molar refractivity (Wildman–Crippen MR) is 63.7 cm³/mol. The minimum Gasteiger partial charge on any atom is -0.481 e. The summed E-state index contributed by atoms with van der Waals surface area (Å²) in [7, 11) is 0. The molecule has 2 nitrogen and oxygen atoms in total. The van der Waals surface area contributed by atoms with Gasteiger partial charge in [-0.05, 0) is 49.9 Å². The molecule has 1 rings (SSSR count). The van der Waals surface area contributed by atoms with Crippen LogP contribution in [0.5, 0.6) is 0 Å². The van der Waals surface area contributed by atoms with E-state index >= 15 is 0 Å². The lowest BCUT2D eigenvalue weighted by Crippen LogP contribution is -2.00. The molecule has 0 bridgehead atoms. The Balaban J connectivity index is 3.09. The van der Waals surface area contributed by atoms with Crippen LogP contribution in [0, 0.1) is 27.7 Å². The van der Waals surface area contributed by atoms with E-state index < -0.39 is 5.97 Å². The molecule has 0 amide bonds. The van der Waals surface area contributed by atoms with E-state index in [1.807, 2.05) is 13.8 Å². The molecule has 0 aromatic heterocycles. The second-order valence-corrected chi connectivity index (χ2v) is 4.76. The standard InChI is InChI=1S/C12H16O2S/c1-7-5-8(2)10(4)12(9(7)3)15-6-11(13)14/h5H,6H2,1-4H3,(H,13,14). The maximum Gasteiger partial charge on any atom is 0.313 e. The maximum atomic E-state index is 10.5. The van der Waals surface area contributed by atoms with E-state index in [0.717, 1.165) is 4.90 Å². The van der Waals surface area contributed by atoms with Crippen LogP contribution in [0.2, 0.25) is 0 Å². The van der Waals surface area contributed by atoms with E-state index in [-0.39, 0.29) is 5.75 Å². The van der Waals surface area contributed by atoms with Gasteiger partial charge in [0.25, 0.3) is 0 Å². The van der Waals surface area contributed by atoms with Crippen molar-refractivity contribution >= 4 is 17.7 Å². The first-order valence-corrected chi connectivity index (χ1v) is 5.84. The molecular weight excluding hydrogens is 208 g/mol. The number of benzene rings is 1. The Morgan fingerprint density at radius 1 is 1.20 bits per heavy atom. The summed E-state index contributed by atoms with van der Waals surface area (Å²) in [5.74, 6) is -0.636. The molecule has 0 unspecified atom stereocenters. The second kappa shape index (κ2) is 4.71. The van der Waals surface area contributed by atoms with Gasteiger partial charge in [-0.2, -0.15) is 0 Å². The molecule has 0 aliphatic rings. The highest BCUT2D eigenvalue weighted by molar-refractivity contribution is 8.00. The van der Waals surface area contributed by atoms with Gasteiger partial charge in [-0.25, -0.2) is 0 Å². The number of aryl methyl sites for hydroxylation is 2. The Bertz CT molecular complexity index is 371. The molecule has 1 N–H and O–H groups in total. The van der Waals surface area contributed by atoms with E-state index in [4.69, 9.17) is 5.11 Å². The summed E-state index contributed by atoms with van der Waals surface area (Å²) >= 11 is 1.41. The summed E-state index contributed by atoms with van der Waals surface area (Å²) in [5, 5.41) is 8.67. The number of rotatable bonds is 3. The van der Waals surface area contributed by atoms with Crippen molar-refractivity contribution in [3.05, 3.63) is 28.3 Å². The van der Waals surface area contributed by atoms with Gasteiger partial charge in [0.1, 0.15) is 0 Å². The van der Waals surface area contributed by atoms with Gasteiger partial charge in [0.15, 0.2) is 0 Å². The van der Waals surface area contributed by atoms with E-state index in [1.165, 1.54) is 34.0 Å². The summed E-state index contributed by atoms with van der Waals surface area (Å²) in [5.41, 5.74) is 4.85. The minimum atomic E-state index is -0.766. The van der Waals surface area contributed by atoms with Crippen LogP contribution in [0.25, 0.3) is 0 Å².